The third-order valence-electron chi connectivity index (χ3n) is 8.51. The monoisotopic (exact) mass is 667 g/mol. The fourth-order valence-electron chi connectivity index (χ4n) is 5.63. The molecule has 4 unspecified atom stereocenters. The number of aliphatic hydroxyl groups excluding tert-OH is 5. The summed E-state index contributed by atoms with van der Waals surface area (Å²) in [7, 11) is 0. The second kappa shape index (κ2) is 17.1. The van der Waals surface area contributed by atoms with E-state index in [2.05, 4.69) is 20.2 Å². The molecule has 15 heteroatoms. The number of ether oxygens (including phenoxy) is 1. The predicted octanol–water partition coefficient (Wildman–Crippen LogP) is 0.288. The van der Waals surface area contributed by atoms with Gasteiger partial charge in [0.2, 0.25) is 17.8 Å². The minimum atomic E-state index is -1.78. The van der Waals surface area contributed by atoms with E-state index in [4.69, 9.17) is 21.4 Å². The molecule has 2 amide bonds. The quantitative estimate of drug-likeness (QED) is 0.135. The van der Waals surface area contributed by atoms with Gasteiger partial charge in [0.15, 0.2) is 0 Å². The number of carbonyl (C=O) groups is 2. The first kappa shape index (κ1) is 35.7. The Morgan fingerprint density at radius 3 is 2.37 bits per heavy atom. The molecule has 1 aromatic carbocycles. The van der Waals surface area contributed by atoms with Crippen molar-refractivity contribution in [1.29, 1.82) is 0 Å². The Morgan fingerprint density at radius 2 is 1.72 bits per heavy atom. The van der Waals surface area contributed by atoms with Crippen LogP contribution in [0.25, 0.3) is 0 Å². The third-order valence-corrected chi connectivity index (χ3v) is 8.71. The maximum atomic E-state index is 14.8. The van der Waals surface area contributed by atoms with Crippen molar-refractivity contribution in [3.05, 3.63) is 47.0 Å². The third kappa shape index (κ3) is 10.2. The zero-order valence-corrected chi connectivity index (χ0v) is 26.3. The lowest BCUT2D eigenvalue weighted by Gasteiger charge is -2.39. The lowest BCUT2D eigenvalue weighted by Crippen LogP contribution is -2.53. The van der Waals surface area contributed by atoms with Gasteiger partial charge in [-0.3, -0.25) is 9.59 Å². The van der Waals surface area contributed by atoms with Gasteiger partial charge in [0, 0.05) is 51.1 Å². The Kier molecular flexibility index (Phi) is 13.3. The SMILES string of the molecule is O=C(CC1CN(C(=O)Cc2ccc(OCCCC3CCN(c4ncc(Cl)cn4)CC3)cc2F)C1)NCC(O)C(O)C(O)C(O)CO. The summed E-state index contributed by atoms with van der Waals surface area (Å²) in [5, 5.41) is 50.5. The number of likely N-dealkylation sites (tertiary alicyclic amines) is 1. The van der Waals surface area contributed by atoms with Crippen LogP contribution in [0.4, 0.5) is 10.3 Å². The molecule has 2 aromatic rings. The zero-order valence-electron chi connectivity index (χ0n) is 25.5. The molecule has 2 aliphatic rings. The molecule has 0 bridgehead atoms. The maximum absolute atomic E-state index is 14.8. The summed E-state index contributed by atoms with van der Waals surface area (Å²) in [6, 6.07) is 4.51. The molecule has 254 valence electrons. The van der Waals surface area contributed by atoms with Crippen molar-refractivity contribution in [2.24, 2.45) is 11.8 Å². The summed E-state index contributed by atoms with van der Waals surface area (Å²) in [5.41, 5.74) is 0.260. The molecule has 0 aliphatic carbocycles. The van der Waals surface area contributed by atoms with Crippen LogP contribution in [-0.2, 0) is 16.0 Å². The maximum Gasteiger partial charge on any atom is 0.227 e. The van der Waals surface area contributed by atoms with E-state index in [9.17, 15) is 34.4 Å². The number of nitrogens with zero attached hydrogens (tertiary/aromatic N) is 4. The molecule has 2 aliphatic heterocycles. The molecule has 2 saturated heterocycles. The van der Waals surface area contributed by atoms with Gasteiger partial charge in [-0.05, 0) is 43.2 Å². The molecule has 1 aromatic heterocycles. The van der Waals surface area contributed by atoms with Crippen LogP contribution >= 0.6 is 11.6 Å². The van der Waals surface area contributed by atoms with Crippen molar-refractivity contribution < 1.29 is 44.2 Å². The lowest BCUT2D eigenvalue weighted by atomic mass is 9.92. The highest BCUT2D eigenvalue weighted by Gasteiger charge is 2.33. The largest absolute Gasteiger partial charge is 0.493 e. The highest BCUT2D eigenvalue weighted by Crippen LogP contribution is 2.26. The van der Waals surface area contributed by atoms with E-state index in [-0.39, 0.29) is 36.8 Å². The van der Waals surface area contributed by atoms with Gasteiger partial charge in [-0.2, -0.15) is 0 Å². The molecule has 13 nitrogen and oxygen atoms in total. The standard InChI is InChI=1S/C31H43ClFN5O8/c32-22-13-35-31(36-14-22)37-7-5-19(6-8-37)2-1-9-46-23-4-3-21(24(33)12-23)11-28(43)38-16-20(17-38)10-27(42)34-15-25(40)29(44)30(45)26(41)18-39/h3-4,12-14,19-20,25-26,29-30,39-41,44-45H,1-2,5-11,15-18H2,(H,34,42). The number of aliphatic hydroxyl groups is 5. The van der Waals surface area contributed by atoms with E-state index < -0.39 is 42.7 Å². The molecular formula is C31H43ClFN5O8. The van der Waals surface area contributed by atoms with Gasteiger partial charge < -0.3 is 45.4 Å². The van der Waals surface area contributed by atoms with E-state index >= 15 is 0 Å². The fraction of sp³-hybridized carbons (Fsp3) is 0.613. The van der Waals surface area contributed by atoms with Crippen LogP contribution in [0, 0.1) is 17.7 Å². The molecule has 3 heterocycles. The van der Waals surface area contributed by atoms with E-state index in [0.29, 0.717) is 42.3 Å². The van der Waals surface area contributed by atoms with Crippen molar-refractivity contribution in [3.8, 4) is 5.75 Å². The van der Waals surface area contributed by atoms with Gasteiger partial charge >= 0.3 is 0 Å². The molecule has 0 saturated carbocycles. The summed E-state index contributed by atoms with van der Waals surface area (Å²) >= 11 is 5.87. The minimum absolute atomic E-state index is 0.0758. The Morgan fingerprint density at radius 1 is 1.04 bits per heavy atom. The zero-order chi connectivity index (χ0) is 33.2. The van der Waals surface area contributed by atoms with Gasteiger partial charge in [-0.1, -0.05) is 17.7 Å². The molecular weight excluding hydrogens is 625 g/mol. The Bertz CT molecular complexity index is 1280. The number of anilines is 1. The van der Waals surface area contributed by atoms with Gasteiger partial charge in [0.1, 0.15) is 29.9 Å². The van der Waals surface area contributed by atoms with Crippen molar-refractivity contribution in [2.75, 3.05) is 50.8 Å². The number of amides is 2. The topological polar surface area (TPSA) is 189 Å². The van der Waals surface area contributed by atoms with Crippen molar-refractivity contribution in [3.63, 3.8) is 0 Å². The first-order valence-electron chi connectivity index (χ1n) is 15.5. The van der Waals surface area contributed by atoms with Crippen molar-refractivity contribution >= 4 is 29.4 Å². The van der Waals surface area contributed by atoms with Crippen molar-refractivity contribution in [1.82, 2.24) is 20.2 Å². The highest BCUT2D eigenvalue weighted by atomic mass is 35.5. The average Bonchev–Trinajstić information content (AvgIpc) is 3.04. The molecule has 6 N–H and O–H groups in total. The number of benzene rings is 1. The molecule has 46 heavy (non-hydrogen) atoms. The predicted molar refractivity (Wildman–Crippen MR) is 166 cm³/mol. The second-order valence-electron chi connectivity index (χ2n) is 12.0. The number of piperidine rings is 1. The van der Waals surface area contributed by atoms with Gasteiger partial charge in [0.05, 0.1) is 43.2 Å². The van der Waals surface area contributed by atoms with Crippen LogP contribution in [0.5, 0.6) is 5.75 Å². The van der Waals surface area contributed by atoms with Crippen LogP contribution in [0.15, 0.2) is 30.6 Å². The summed E-state index contributed by atoms with van der Waals surface area (Å²) < 4.78 is 20.5. The first-order valence-corrected chi connectivity index (χ1v) is 15.9. The second-order valence-corrected chi connectivity index (χ2v) is 12.5. The normalized spacial score (nSPS) is 18.4. The van der Waals surface area contributed by atoms with Crippen LogP contribution in [0.3, 0.4) is 0 Å². The number of nitrogens with one attached hydrogen (secondary N) is 1. The molecule has 0 spiro atoms. The molecule has 2 fully saturated rings. The summed E-state index contributed by atoms with van der Waals surface area (Å²) in [6.07, 6.45) is 0.361. The van der Waals surface area contributed by atoms with E-state index in [1.165, 1.54) is 6.07 Å². The number of aromatic nitrogens is 2. The van der Waals surface area contributed by atoms with Crippen LogP contribution in [-0.4, -0.2) is 123 Å². The Labute approximate surface area is 272 Å². The highest BCUT2D eigenvalue weighted by molar-refractivity contribution is 6.30. The van der Waals surface area contributed by atoms with E-state index in [0.717, 1.165) is 38.8 Å². The number of halogens is 2. The summed E-state index contributed by atoms with van der Waals surface area (Å²) in [4.78, 5) is 37.1. The van der Waals surface area contributed by atoms with Crippen LogP contribution < -0.4 is 15.0 Å². The minimum Gasteiger partial charge on any atom is -0.493 e. The fourth-order valence-corrected chi connectivity index (χ4v) is 5.73. The molecule has 0 radical (unpaired) electrons. The number of hydrogen-bond donors (Lipinski definition) is 6. The molecule has 4 rings (SSSR count). The smallest absolute Gasteiger partial charge is 0.227 e. The van der Waals surface area contributed by atoms with E-state index in [1.54, 1.807) is 29.4 Å². The Balaban J connectivity index is 1.08. The van der Waals surface area contributed by atoms with Crippen molar-refractivity contribution in [2.45, 2.75) is 62.9 Å². The number of hydrogen-bond acceptors (Lipinski definition) is 11. The summed E-state index contributed by atoms with van der Waals surface area (Å²) in [6.45, 7) is 1.72. The van der Waals surface area contributed by atoms with Crippen LogP contribution in [0.2, 0.25) is 5.02 Å². The number of carbonyl (C=O) groups excluding carboxylic acids is 2. The van der Waals surface area contributed by atoms with E-state index in [1.807, 2.05) is 0 Å². The van der Waals surface area contributed by atoms with Crippen LogP contribution in [0.1, 0.15) is 37.7 Å². The summed E-state index contributed by atoms with van der Waals surface area (Å²) in [5.74, 6) is 0.380. The Hall–Kier alpha value is -3.14. The van der Waals surface area contributed by atoms with Gasteiger partial charge in [0.25, 0.3) is 0 Å². The van der Waals surface area contributed by atoms with Gasteiger partial charge in [-0.15, -0.1) is 0 Å². The number of rotatable bonds is 16. The first-order chi connectivity index (χ1) is 22.0. The average molecular weight is 668 g/mol. The van der Waals surface area contributed by atoms with Gasteiger partial charge in [-0.25, -0.2) is 14.4 Å². The lowest BCUT2D eigenvalue weighted by molar-refractivity contribution is -0.139. The molecule has 4 atom stereocenters.